The molecule has 0 aliphatic rings. The van der Waals surface area contributed by atoms with Crippen molar-refractivity contribution in [3.8, 4) is 0 Å². The normalized spacial score (nSPS) is 14.6. The quantitative estimate of drug-likeness (QED) is 0.731. The van der Waals surface area contributed by atoms with E-state index in [0.717, 1.165) is 5.56 Å². The molecule has 1 aromatic rings. The molecule has 3 N–H and O–H groups in total. The molecule has 82 valence electrons. The monoisotopic (exact) mass is 209 g/mol. The van der Waals surface area contributed by atoms with Crippen LogP contribution in [0.5, 0.6) is 0 Å². The maximum absolute atomic E-state index is 11.2. The molecular formula is C11H15NO3. The first-order chi connectivity index (χ1) is 7.00. The van der Waals surface area contributed by atoms with E-state index in [-0.39, 0.29) is 6.61 Å². The van der Waals surface area contributed by atoms with Crippen LogP contribution in [-0.4, -0.2) is 17.7 Å². The number of carboxylic acids is 1. The van der Waals surface area contributed by atoms with E-state index < -0.39 is 11.4 Å². The average Bonchev–Trinajstić information content (AvgIpc) is 2.18. The lowest BCUT2D eigenvalue weighted by Gasteiger charge is -2.23. The first kappa shape index (κ1) is 11.7. The zero-order valence-electron chi connectivity index (χ0n) is 8.86. The SMILES string of the molecule is Cc1ccc(C(C)(CON)C(=O)O)cc1. The lowest BCUT2D eigenvalue weighted by atomic mass is 9.83. The largest absolute Gasteiger partial charge is 0.481 e. The van der Waals surface area contributed by atoms with Gasteiger partial charge >= 0.3 is 5.97 Å². The van der Waals surface area contributed by atoms with Gasteiger partial charge in [-0.05, 0) is 19.4 Å². The second kappa shape index (κ2) is 4.42. The summed E-state index contributed by atoms with van der Waals surface area (Å²) in [5.41, 5.74) is 0.675. The molecule has 0 aliphatic carbocycles. The Balaban J connectivity index is 3.09. The fourth-order valence-corrected chi connectivity index (χ4v) is 1.36. The minimum absolute atomic E-state index is 0.0502. The number of rotatable bonds is 4. The van der Waals surface area contributed by atoms with Gasteiger partial charge in [-0.3, -0.25) is 4.79 Å². The van der Waals surface area contributed by atoms with Gasteiger partial charge in [-0.25, -0.2) is 5.90 Å². The molecule has 0 bridgehead atoms. The number of carboxylic acid groups (broad SMARTS) is 1. The highest BCUT2D eigenvalue weighted by atomic mass is 16.6. The summed E-state index contributed by atoms with van der Waals surface area (Å²) in [6.45, 7) is 3.49. The van der Waals surface area contributed by atoms with E-state index in [2.05, 4.69) is 4.84 Å². The number of hydrogen-bond acceptors (Lipinski definition) is 3. The van der Waals surface area contributed by atoms with Gasteiger partial charge in [0, 0.05) is 0 Å². The van der Waals surface area contributed by atoms with Gasteiger partial charge in [0.25, 0.3) is 0 Å². The predicted octanol–water partition coefficient (Wildman–Crippen LogP) is 1.23. The van der Waals surface area contributed by atoms with Crippen LogP contribution in [0.2, 0.25) is 0 Å². The van der Waals surface area contributed by atoms with Crippen LogP contribution in [0.25, 0.3) is 0 Å². The van der Waals surface area contributed by atoms with E-state index in [1.165, 1.54) is 0 Å². The van der Waals surface area contributed by atoms with Crippen LogP contribution in [0.1, 0.15) is 18.1 Å². The van der Waals surface area contributed by atoms with Crippen molar-refractivity contribution in [1.29, 1.82) is 0 Å². The zero-order chi connectivity index (χ0) is 11.5. The number of hydrogen-bond donors (Lipinski definition) is 2. The van der Waals surface area contributed by atoms with Crippen LogP contribution in [0, 0.1) is 6.92 Å². The highest BCUT2D eigenvalue weighted by Crippen LogP contribution is 2.24. The number of carbonyl (C=O) groups is 1. The summed E-state index contributed by atoms with van der Waals surface area (Å²) < 4.78 is 0. The Morgan fingerprint density at radius 1 is 1.47 bits per heavy atom. The Hall–Kier alpha value is -1.39. The molecule has 1 rings (SSSR count). The second-order valence-electron chi connectivity index (χ2n) is 3.81. The molecule has 0 amide bonds. The van der Waals surface area contributed by atoms with Crippen LogP contribution in [-0.2, 0) is 15.0 Å². The van der Waals surface area contributed by atoms with Crippen LogP contribution in [0.3, 0.4) is 0 Å². The van der Waals surface area contributed by atoms with E-state index in [1.54, 1.807) is 19.1 Å². The Bertz CT molecular complexity index is 347. The molecule has 1 aromatic carbocycles. The van der Waals surface area contributed by atoms with Gasteiger partial charge in [-0.1, -0.05) is 29.8 Å². The molecule has 0 saturated carbocycles. The van der Waals surface area contributed by atoms with Crippen LogP contribution >= 0.6 is 0 Å². The molecule has 4 nitrogen and oxygen atoms in total. The number of benzene rings is 1. The van der Waals surface area contributed by atoms with Crippen LogP contribution in [0.4, 0.5) is 0 Å². The maximum Gasteiger partial charge on any atom is 0.316 e. The van der Waals surface area contributed by atoms with Crippen molar-refractivity contribution in [3.63, 3.8) is 0 Å². The van der Waals surface area contributed by atoms with E-state index >= 15 is 0 Å². The predicted molar refractivity (Wildman–Crippen MR) is 56.3 cm³/mol. The molecule has 0 heterocycles. The third-order valence-electron chi connectivity index (χ3n) is 2.53. The molecule has 0 aromatic heterocycles. The highest BCUT2D eigenvalue weighted by molar-refractivity contribution is 5.81. The fraction of sp³-hybridized carbons (Fsp3) is 0.364. The Morgan fingerprint density at radius 3 is 2.40 bits per heavy atom. The molecule has 0 aliphatic heterocycles. The molecule has 1 atom stereocenters. The van der Waals surface area contributed by atoms with Gasteiger partial charge in [0.2, 0.25) is 0 Å². The van der Waals surface area contributed by atoms with E-state index in [1.807, 2.05) is 19.1 Å². The highest BCUT2D eigenvalue weighted by Gasteiger charge is 2.35. The van der Waals surface area contributed by atoms with E-state index in [0.29, 0.717) is 5.56 Å². The Labute approximate surface area is 88.6 Å². The van der Waals surface area contributed by atoms with Gasteiger partial charge < -0.3 is 9.94 Å². The summed E-state index contributed by atoms with van der Waals surface area (Å²) in [5, 5.41) is 9.15. The Morgan fingerprint density at radius 2 is 2.00 bits per heavy atom. The molecule has 15 heavy (non-hydrogen) atoms. The molecule has 1 unspecified atom stereocenters. The van der Waals surface area contributed by atoms with Crippen molar-refractivity contribution >= 4 is 5.97 Å². The topological polar surface area (TPSA) is 72.5 Å². The summed E-state index contributed by atoms with van der Waals surface area (Å²) in [5.74, 6) is 4.01. The summed E-state index contributed by atoms with van der Waals surface area (Å²) in [4.78, 5) is 15.6. The summed E-state index contributed by atoms with van der Waals surface area (Å²) in [6, 6.07) is 7.30. The molecule has 0 saturated heterocycles. The number of aryl methyl sites for hydroxylation is 1. The molecule has 0 spiro atoms. The van der Waals surface area contributed by atoms with Gasteiger partial charge in [0.15, 0.2) is 0 Å². The third-order valence-corrected chi connectivity index (χ3v) is 2.53. The van der Waals surface area contributed by atoms with Crippen molar-refractivity contribution in [3.05, 3.63) is 35.4 Å². The van der Waals surface area contributed by atoms with Gasteiger partial charge in [-0.15, -0.1) is 0 Å². The van der Waals surface area contributed by atoms with E-state index in [9.17, 15) is 4.79 Å². The van der Waals surface area contributed by atoms with Crippen molar-refractivity contribution in [1.82, 2.24) is 0 Å². The van der Waals surface area contributed by atoms with Crippen LogP contribution < -0.4 is 5.90 Å². The number of aliphatic carboxylic acids is 1. The van der Waals surface area contributed by atoms with Crippen molar-refractivity contribution in [2.75, 3.05) is 6.61 Å². The fourth-order valence-electron chi connectivity index (χ4n) is 1.36. The van der Waals surface area contributed by atoms with Crippen molar-refractivity contribution < 1.29 is 14.7 Å². The summed E-state index contributed by atoms with van der Waals surface area (Å²) in [7, 11) is 0. The van der Waals surface area contributed by atoms with Gasteiger partial charge in [-0.2, -0.15) is 0 Å². The van der Waals surface area contributed by atoms with Crippen molar-refractivity contribution in [2.24, 2.45) is 5.90 Å². The van der Waals surface area contributed by atoms with Crippen molar-refractivity contribution in [2.45, 2.75) is 19.3 Å². The average molecular weight is 209 g/mol. The first-order valence-electron chi connectivity index (χ1n) is 4.63. The molecule has 0 radical (unpaired) electrons. The van der Waals surface area contributed by atoms with Crippen LogP contribution in [0.15, 0.2) is 24.3 Å². The van der Waals surface area contributed by atoms with Gasteiger partial charge in [0.1, 0.15) is 5.41 Å². The zero-order valence-corrected chi connectivity index (χ0v) is 8.86. The molecule has 4 heteroatoms. The minimum Gasteiger partial charge on any atom is -0.481 e. The maximum atomic E-state index is 11.2. The lowest BCUT2D eigenvalue weighted by Crippen LogP contribution is -2.38. The molecular weight excluding hydrogens is 194 g/mol. The lowest BCUT2D eigenvalue weighted by molar-refractivity contribution is -0.145. The van der Waals surface area contributed by atoms with Gasteiger partial charge in [0.05, 0.1) is 6.61 Å². The standard InChI is InChI=1S/C11H15NO3/c1-8-3-5-9(6-4-8)11(2,7-15-12)10(13)14/h3-6H,7,12H2,1-2H3,(H,13,14). The third kappa shape index (κ3) is 2.34. The second-order valence-corrected chi connectivity index (χ2v) is 3.81. The smallest absolute Gasteiger partial charge is 0.316 e. The van der Waals surface area contributed by atoms with E-state index in [4.69, 9.17) is 11.0 Å². The first-order valence-corrected chi connectivity index (χ1v) is 4.63. The molecule has 0 fully saturated rings. The summed E-state index contributed by atoms with van der Waals surface area (Å²) in [6.07, 6.45) is 0. The number of nitrogens with two attached hydrogens (primary N) is 1. The Kier molecular flexibility index (Phi) is 3.44. The summed E-state index contributed by atoms with van der Waals surface area (Å²) >= 11 is 0. The minimum atomic E-state index is -1.09.